The molecule has 0 aliphatic carbocycles. The molecule has 0 atom stereocenters. The summed E-state index contributed by atoms with van der Waals surface area (Å²) in [5.74, 6) is 1.55. The van der Waals surface area contributed by atoms with Crippen molar-refractivity contribution in [3.05, 3.63) is 36.4 Å². The molecular weight excluding hydrogens is 196 g/mol. The standard InChI is InChI=1S/C11H6O2S/c14-11-12-8-5-1-3-7-4-2-6-9(13-11)10(7)8/h1-6H. The van der Waals surface area contributed by atoms with Gasteiger partial charge in [0.15, 0.2) is 0 Å². The number of hydrogen-bond acceptors (Lipinski definition) is 3. The van der Waals surface area contributed by atoms with Crippen LogP contribution in [0.5, 0.6) is 11.5 Å². The molecule has 3 rings (SSSR count). The first-order valence-corrected chi connectivity index (χ1v) is 4.67. The third-order valence-electron chi connectivity index (χ3n) is 2.21. The molecule has 0 bridgehead atoms. The van der Waals surface area contributed by atoms with Crippen LogP contribution in [0.2, 0.25) is 0 Å². The molecule has 1 heterocycles. The maximum atomic E-state index is 5.31. The van der Waals surface area contributed by atoms with Crippen molar-refractivity contribution in [2.75, 3.05) is 0 Å². The predicted octanol–water partition coefficient (Wildman–Crippen LogP) is 2.90. The van der Waals surface area contributed by atoms with E-state index in [1.165, 1.54) is 0 Å². The first kappa shape index (κ1) is 7.76. The van der Waals surface area contributed by atoms with E-state index in [2.05, 4.69) is 0 Å². The first-order chi connectivity index (χ1) is 6.84. The van der Waals surface area contributed by atoms with E-state index < -0.39 is 0 Å². The third-order valence-corrected chi connectivity index (χ3v) is 2.38. The molecule has 1 aliphatic rings. The second kappa shape index (κ2) is 2.69. The van der Waals surface area contributed by atoms with Gasteiger partial charge in [0, 0.05) is 12.2 Å². The summed E-state index contributed by atoms with van der Waals surface area (Å²) in [4.78, 5) is 0. The largest absolute Gasteiger partial charge is 0.417 e. The fourth-order valence-electron chi connectivity index (χ4n) is 1.64. The van der Waals surface area contributed by atoms with Gasteiger partial charge in [0.25, 0.3) is 0 Å². The van der Waals surface area contributed by atoms with Crippen LogP contribution in [-0.2, 0) is 0 Å². The van der Waals surface area contributed by atoms with Gasteiger partial charge in [-0.15, -0.1) is 0 Å². The van der Waals surface area contributed by atoms with Crippen molar-refractivity contribution >= 4 is 28.2 Å². The van der Waals surface area contributed by atoms with E-state index in [-0.39, 0.29) is 5.24 Å². The SMILES string of the molecule is S=C1Oc2cccc3cccc(c23)O1. The lowest BCUT2D eigenvalue weighted by Crippen LogP contribution is -2.17. The molecule has 68 valence electrons. The Morgan fingerprint density at radius 1 is 0.857 bits per heavy atom. The summed E-state index contributed by atoms with van der Waals surface area (Å²) >= 11 is 4.88. The van der Waals surface area contributed by atoms with E-state index in [9.17, 15) is 0 Å². The highest BCUT2D eigenvalue weighted by Crippen LogP contribution is 2.37. The van der Waals surface area contributed by atoms with Crippen molar-refractivity contribution in [2.45, 2.75) is 0 Å². The molecule has 2 aromatic rings. The second-order valence-electron chi connectivity index (χ2n) is 3.06. The average molecular weight is 202 g/mol. The van der Waals surface area contributed by atoms with Gasteiger partial charge in [0.05, 0.1) is 5.39 Å². The average Bonchev–Trinajstić information content (AvgIpc) is 2.18. The highest BCUT2D eigenvalue weighted by molar-refractivity contribution is 7.79. The summed E-state index contributed by atoms with van der Waals surface area (Å²) in [7, 11) is 0. The van der Waals surface area contributed by atoms with Crippen LogP contribution in [0.25, 0.3) is 10.8 Å². The van der Waals surface area contributed by atoms with Gasteiger partial charge in [-0.3, -0.25) is 0 Å². The van der Waals surface area contributed by atoms with Crippen LogP contribution in [0.4, 0.5) is 0 Å². The van der Waals surface area contributed by atoms with E-state index in [4.69, 9.17) is 21.7 Å². The smallest absolute Gasteiger partial charge is 0.363 e. The minimum Gasteiger partial charge on any atom is -0.417 e. The molecular formula is C11H6O2S. The molecule has 3 heteroatoms. The Balaban J connectivity index is 2.45. The van der Waals surface area contributed by atoms with Crippen LogP contribution in [0.15, 0.2) is 36.4 Å². The van der Waals surface area contributed by atoms with Crippen LogP contribution < -0.4 is 9.47 Å². The zero-order valence-corrected chi connectivity index (χ0v) is 8.01. The van der Waals surface area contributed by atoms with Gasteiger partial charge in [-0.1, -0.05) is 24.3 Å². The number of hydrogen-bond donors (Lipinski definition) is 0. The van der Waals surface area contributed by atoms with Crippen LogP contribution in [-0.4, -0.2) is 5.24 Å². The zero-order valence-electron chi connectivity index (χ0n) is 7.19. The van der Waals surface area contributed by atoms with Gasteiger partial charge in [-0.2, -0.15) is 0 Å². The van der Waals surface area contributed by atoms with Gasteiger partial charge in [0.1, 0.15) is 11.5 Å². The maximum absolute atomic E-state index is 5.31. The summed E-state index contributed by atoms with van der Waals surface area (Å²) < 4.78 is 10.6. The lowest BCUT2D eigenvalue weighted by atomic mass is 10.1. The van der Waals surface area contributed by atoms with Crippen molar-refractivity contribution in [1.29, 1.82) is 0 Å². The number of rotatable bonds is 0. The summed E-state index contributed by atoms with van der Waals surface area (Å²) in [6.07, 6.45) is 0. The molecule has 0 saturated carbocycles. The number of ether oxygens (including phenoxy) is 2. The third kappa shape index (κ3) is 0.992. The Bertz CT molecular complexity index is 491. The molecule has 2 aromatic carbocycles. The topological polar surface area (TPSA) is 18.5 Å². The Morgan fingerprint density at radius 3 is 2.00 bits per heavy atom. The minimum atomic E-state index is 0.163. The minimum absolute atomic E-state index is 0.163. The summed E-state index contributed by atoms with van der Waals surface area (Å²) in [5, 5.41) is 2.25. The van der Waals surface area contributed by atoms with Crippen molar-refractivity contribution < 1.29 is 9.47 Å². The Hall–Kier alpha value is -1.61. The Labute approximate surface area is 86.1 Å². The number of thiocarbonyl (C=S) groups is 1. The molecule has 0 amide bonds. The molecule has 1 aliphatic heterocycles. The van der Waals surface area contributed by atoms with Crippen molar-refractivity contribution in [3.63, 3.8) is 0 Å². The van der Waals surface area contributed by atoms with E-state index in [0.29, 0.717) is 0 Å². The normalized spacial score (nSPS) is 13.6. The van der Waals surface area contributed by atoms with E-state index in [1.807, 2.05) is 36.4 Å². The van der Waals surface area contributed by atoms with Crippen LogP contribution in [0.1, 0.15) is 0 Å². The molecule has 0 radical (unpaired) electrons. The predicted molar refractivity (Wildman–Crippen MR) is 57.8 cm³/mol. The monoisotopic (exact) mass is 202 g/mol. The van der Waals surface area contributed by atoms with Crippen molar-refractivity contribution in [2.24, 2.45) is 0 Å². The summed E-state index contributed by atoms with van der Waals surface area (Å²) in [6, 6.07) is 11.7. The van der Waals surface area contributed by atoms with Crippen molar-refractivity contribution in [3.8, 4) is 11.5 Å². The van der Waals surface area contributed by atoms with E-state index in [1.54, 1.807) is 0 Å². The van der Waals surface area contributed by atoms with Gasteiger partial charge in [-0.05, 0) is 17.5 Å². The highest BCUT2D eigenvalue weighted by atomic mass is 32.1. The Kier molecular flexibility index (Phi) is 1.49. The first-order valence-electron chi connectivity index (χ1n) is 4.26. The molecule has 0 aromatic heterocycles. The quantitative estimate of drug-likeness (QED) is 0.612. The van der Waals surface area contributed by atoms with Crippen molar-refractivity contribution in [1.82, 2.24) is 0 Å². The lowest BCUT2D eigenvalue weighted by Gasteiger charge is -2.18. The Morgan fingerprint density at radius 2 is 1.43 bits per heavy atom. The number of benzene rings is 2. The molecule has 0 unspecified atom stereocenters. The second-order valence-corrected chi connectivity index (χ2v) is 3.40. The maximum Gasteiger partial charge on any atom is 0.363 e. The van der Waals surface area contributed by atoms with E-state index in [0.717, 1.165) is 22.3 Å². The summed E-state index contributed by atoms with van der Waals surface area (Å²) in [5.41, 5.74) is 0. The van der Waals surface area contributed by atoms with Gasteiger partial charge >= 0.3 is 5.24 Å². The molecule has 0 spiro atoms. The molecule has 0 fully saturated rings. The van der Waals surface area contributed by atoms with Crippen LogP contribution in [0, 0.1) is 0 Å². The van der Waals surface area contributed by atoms with Gasteiger partial charge in [-0.25, -0.2) is 0 Å². The summed E-state index contributed by atoms with van der Waals surface area (Å²) in [6.45, 7) is 0. The molecule has 0 saturated heterocycles. The molecule has 14 heavy (non-hydrogen) atoms. The fourth-order valence-corrected chi connectivity index (χ4v) is 1.82. The lowest BCUT2D eigenvalue weighted by molar-refractivity contribution is 0.393. The van der Waals surface area contributed by atoms with Crippen LogP contribution >= 0.6 is 12.2 Å². The van der Waals surface area contributed by atoms with Gasteiger partial charge in [0.2, 0.25) is 0 Å². The van der Waals surface area contributed by atoms with Gasteiger partial charge < -0.3 is 9.47 Å². The van der Waals surface area contributed by atoms with Crippen LogP contribution in [0.3, 0.4) is 0 Å². The fraction of sp³-hybridized carbons (Fsp3) is 0. The molecule has 2 nitrogen and oxygen atoms in total. The highest BCUT2D eigenvalue weighted by Gasteiger charge is 2.17. The molecule has 0 N–H and O–H groups in total. The van der Waals surface area contributed by atoms with E-state index >= 15 is 0 Å². The zero-order chi connectivity index (χ0) is 9.54.